The van der Waals surface area contributed by atoms with Gasteiger partial charge in [-0.05, 0) is 19.3 Å². The van der Waals surface area contributed by atoms with E-state index in [0.717, 1.165) is 19.3 Å². The molecule has 0 fully saturated rings. The molecule has 0 spiro atoms. The highest BCUT2D eigenvalue weighted by molar-refractivity contribution is 5.04. The Kier molecular flexibility index (Phi) is 5.28. The van der Waals surface area contributed by atoms with E-state index in [1.165, 1.54) is 0 Å². The molecule has 0 radical (unpaired) electrons. The van der Waals surface area contributed by atoms with Gasteiger partial charge in [-0.25, -0.2) is 0 Å². The van der Waals surface area contributed by atoms with Gasteiger partial charge in [-0.15, -0.1) is 0 Å². The Hall–Kier alpha value is -0.940. The molecule has 1 rings (SSSR count). The van der Waals surface area contributed by atoms with Crippen molar-refractivity contribution in [2.75, 3.05) is 7.11 Å². The van der Waals surface area contributed by atoms with Crippen molar-refractivity contribution in [1.82, 2.24) is 10.1 Å². The van der Waals surface area contributed by atoms with Gasteiger partial charge in [-0.1, -0.05) is 32.9 Å². The summed E-state index contributed by atoms with van der Waals surface area (Å²) in [5, 5.41) is 4.07. The van der Waals surface area contributed by atoms with E-state index in [4.69, 9.17) is 15.0 Å². The van der Waals surface area contributed by atoms with Crippen molar-refractivity contribution < 1.29 is 9.26 Å². The molecule has 1 heterocycles. The summed E-state index contributed by atoms with van der Waals surface area (Å²) in [5.74, 6) is 1.29. The molecule has 2 atom stereocenters. The van der Waals surface area contributed by atoms with E-state index in [9.17, 15) is 0 Å². The summed E-state index contributed by atoms with van der Waals surface area (Å²) in [5.41, 5.74) is 5.56. The second-order valence-electron chi connectivity index (χ2n) is 4.72. The van der Waals surface area contributed by atoms with Gasteiger partial charge in [0, 0.05) is 13.2 Å². The molecule has 104 valence electrons. The molecule has 0 saturated carbocycles. The van der Waals surface area contributed by atoms with Gasteiger partial charge >= 0.3 is 0 Å². The zero-order valence-corrected chi connectivity index (χ0v) is 12.1. The summed E-state index contributed by atoms with van der Waals surface area (Å²) in [6, 6.07) is 0.0403. The summed E-state index contributed by atoms with van der Waals surface area (Å²) < 4.78 is 10.9. The maximum Gasteiger partial charge on any atom is 0.231 e. The van der Waals surface area contributed by atoms with Crippen molar-refractivity contribution in [1.29, 1.82) is 0 Å². The van der Waals surface area contributed by atoms with Gasteiger partial charge in [0.1, 0.15) is 5.60 Å². The zero-order chi connectivity index (χ0) is 13.8. The van der Waals surface area contributed by atoms with Gasteiger partial charge in [0.05, 0.1) is 5.92 Å². The van der Waals surface area contributed by atoms with Crippen molar-refractivity contribution in [2.45, 2.75) is 64.5 Å². The first kappa shape index (κ1) is 15.1. The van der Waals surface area contributed by atoms with Crippen LogP contribution in [0.25, 0.3) is 0 Å². The Morgan fingerprint density at radius 3 is 2.39 bits per heavy atom. The lowest BCUT2D eigenvalue weighted by molar-refractivity contribution is -0.0306. The number of nitrogens with two attached hydrogens (primary N) is 1. The van der Waals surface area contributed by atoms with Gasteiger partial charge in [0.15, 0.2) is 0 Å². The minimum atomic E-state index is -0.447. The van der Waals surface area contributed by atoms with Crippen LogP contribution < -0.4 is 5.73 Å². The van der Waals surface area contributed by atoms with Gasteiger partial charge < -0.3 is 15.0 Å². The third-order valence-corrected chi connectivity index (χ3v) is 3.89. The lowest BCUT2D eigenvalue weighted by Gasteiger charge is -2.26. The number of ether oxygens (including phenoxy) is 1. The van der Waals surface area contributed by atoms with Crippen molar-refractivity contribution in [2.24, 2.45) is 5.73 Å². The van der Waals surface area contributed by atoms with Crippen LogP contribution in [0.1, 0.15) is 64.6 Å². The molecule has 0 amide bonds. The molecule has 2 N–H and O–H groups in total. The average Bonchev–Trinajstić information content (AvgIpc) is 2.90. The normalized spacial score (nSPS) is 15.7. The van der Waals surface area contributed by atoms with Crippen molar-refractivity contribution in [3.05, 3.63) is 11.7 Å². The third kappa shape index (κ3) is 2.72. The highest BCUT2D eigenvalue weighted by Crippen LogP contribution is 2.31. The Bertz CT molecular complexity index is 353. The predicted molar refractivity (Wildman–Crippen MR) is 70.2 cm³/mol. The van der Waals surface area contributed by atoms with Crippen LogP contribution in [0.3, 0.4) is 0 Å². The fourth-order valence-corrected chi connectivity index (χ4v) is 2.09. The fraction of sp³-hybridized carbons (Fsp3) is 0.846. The van der Waals surface area contributed by atoms with Crippen molar-refractivity contribution >= 4 is 0 Å². The van der Waals surface area contributed by atoms with Crippen LogP contribution in [-0.4, -0.2) is 23.3 Å². The summed E-state index contributed by atoms with van der Waals surface area (Å²) in [6.07, 6.45) is 2.51. The number of rotatable bonds is 7. The van der Waals surface area contributed by atoms with Crippen LogP contribution in [-0.2, 0) is 10.3 Å². The standard InChI is InChI=1S/C13H25N3O2/c1-6-10(14)9(4)11-15-12(16-18-11)13(7-2,8-3)17-5/h9-10H,6-8,14H2,1-5H3. The minimum Gasteiger partial charge on any atom is -0.370 e. The molecule has 0 aliphatic rings. The molecule has 1 aromatic rings. The van der Waals surface area contributed by atoms with E-state index in [1.54, 1.807) is 7.11 Å². The smallest absolute Gasteiger partial charge is 0.231 e. The first-order valence-electron chi connectivity index (χ1n) is 6.69. The Labute approximate surface area is 109 Å². The molecular formula is C13H25N3O2. The van der Waals surface area contributed by atoms with E-state index in [2.05, 4.69) is 30.9 Å². The fourth-order valence-electron chi connectivity index (χ4n) is 2.09. The second-order valence-corrected chi connectivity index (χ2v) is 4.72. The average molecular weight is 255 g/mol. The summed E-state index contributed by atoms with van der Waals surface area (Å²) >= 11 is 0. The number of nitrogens with zero attached hydrogens (tertiary/aromatic N) is 2. The number of methoxy groups -OCH3 is 1. The zero-order valence-electron chi connectivity index (χ0n) is 12.1. The molecule has 1 aromatic heterocycles. The van der Waals surface area contributed by atoms with Crippen LogP contribution in [0.5, 0.6) is 0 Å². The Morgan fingerprint density at radius 1 is 1.33 bits per heavy atom. The lowest BCUT2D eigenvalue weighted by Crippen LogP contribution is -2.29. The van der Waals surface area contributed by atoms with Crippen molar-refractivity contribution in [3.63, 3.8) is 0 Å². The van der Waals surface area contributed by atoms with Crippen LogP contribution in [0, 0.1) is 0 Å². The maximum atomic E-state index is 6.01. The molecule has 18 heavy (non-hydrogen) atoms. The van der Waals surface area contributed by atoms with Crippen LogP contribution in [0.4, 0.5) is 0 Å². The second kappa shape index (κ2) is 6.29. The SMILES string of the molecule is CCC(N)C(C)c1nc(C(CC)(CC)OC)no1. The van der Waals surface area contributed by atoms with E-state index in [-0.39, 0.29) is 12.0 Å². The quantitative estimate of drug-likeness (QED) is 0.810. The Morgan fingerprint density at radius 2 is 1.94 bits per heavy atom. The Balaban J connectivity index is 2.98. The van der Waals surface area contributed by atoms with E-state index in [1.807, 2.05) is 6.92 Å². The van der Waals surface area contributed by atoms with Gasteiger partial charge in [0.25, 0.3) is 0 Å². The van der Waals surface area contributed by atoms with Gasteiger partial charge in [0.2, 0.25) is 11.7 Å². The predicted octanol–water partition coefficient (Wildman–Crippen LogP) is 2.57. The largest absolute Gasteiger partial charge is 0.370 e. The molecule has 5 nitrogen and oxygen atoms in total. The number of aromatic nitrogens is 2. The minimum absolute atomic E-state index is 0.0403. The third-order valence-electron chi connectivity index (χ3n) is 3.89. The first-order chi connectivity index (χ1) is 8.54. The molecule has 0 aliphatic heterocycles. The van der Waals surface area contributed by atoms with Crippen LogP contribution >= 0.6 is 0 Å². The van der Waals surface area contributed by atoms with Gasteiger partial charge in [-0.2, -0.15) is 4.98 Å². The van der Waals surface area contributed by atoms with E-state index in [0.29, 0.717) is 11.7 Å². The van der Waals surface area contributed by atoms with E-state index >= 15 is 0 Å². The molecule has 0 aromatic carbocycles. The highest BCUT2D eigenvalue weighted by atomic mass is 16.5. The molecular weight excluding hydrogens is 230 g/mol. The van der Waals surface area contributed by atoms with Gasteiger partial charge in [-0.3, -0.25) is 0 Å². The summed E-state index contributed by atoms with van der Waals surface area (Å²) in [6.45, 7) is 8.18. The molecule has 0 aliphatic carbocycles. The van der Waals surface area contributed by atoms with Crippen LogP contribution in [0.15, 0.2) is 4.52 Å². The molecule has 0 bridgehead atoms. The highest BCUT2D eigenvalue weighted by Gasteiger charge is 2.34. The summed E-state index contributed by atoms with van der Waals surface area (Å²) in [4.78, 5) is 4.48. The van der Waals surface area contributed by atoms with Crippen LogP contribution in [0.2, 0.25) is 0 Å². The number of hydrogen-bond donors (Lipinski definition) is 1. The monoisotopic (exact) mass is 255 g/mol. The van der Waals surface area contributed by atoms with Crippen molar-refractivity contribution in [3.8, 4) is 0 Å². The molecule has 2 unspecified atom stereocenters. The lowest BCUT2D eigenvalue weighted by atomic mass is 9.96. The first-order valence-corrected chi connectivity index (χ1v) is 6.69. The summed E-state index contributed by atoms with van der Waals surface area (Å²) in [7, 11) is 1.68. The molecule has 0 saturated heterocycles. The maximum absolute atomic E-state index is 6.01. The van der Waals surface area contributed by atoms with E-state index < -0.39 is 5.60 Å². The topological polar surface area (TPSA) is 74.2 Å². The molecule has 5 heteroatoms. The number of hydrogen-bond acceptors (Lipinski definition) is 5.